The van der Waals surface area contributed by atoms with Crippen molar-refractivity contribution in [3.8, 4) is 0 Å². The molecule has 1 aromatic rings. The van der Waals surface area contributed by atoms with E-state index < -0.39 is 0 Å². The summed E-state index contributed by atoms with van der Waals surface area (Å²) in [6, 6.07) is 0.182. The Morgan fingerprint density at radius 2 is 2.30 bits per heavy atom. The van der Waals surface area contributed by atoms with E-state index in [0.29, 0.717) is 17.9 Å². The van der Waals surface area contributed by atoms with Crippen LogP contribution in [-0.4, -0.2) is 40.3 Å². The first-order valence-electron chi connectivity index (χ1n) is 7.23. The summed E-state index contributed by atoms with van der Waals surface area (Å²) in [7, 11) is 0. The Bertz CT molecular complexity index is 525. The molecule has 1 saturated carbocycles. The van der Waals surface area contributed by atoms with Gasteiger partial charge in [0.05, 0.1) is 6.04 Å². The number of hydrogen-bond acceptors (Lipinski definition) is 4. The molecule has 108 valence electrons. The van der Waals surface area contributed by atoms with Gasteiger partial charge in [-0.25, -0.2) is 4.98 Å². The number of oxazole rings is 1. The highest BCUT2D eigenvalue weighted by atomic mass is 16.3. The standard InChI is InChI=1S/C14H19N3O3/c1-2-11-13(15-8-20-11)14(19)17-7-12(18)16-9-5-3-4-6-10(9)17/h8-10H,2-7H2,1H3,(H,16,18)/t9-,10+/m0/s1. The van der Waals surface area contributed by atoms with Crippen LogP contribution in [-0.2, 0) is 11.2 Å². The summed E-state index contributed by atoms with van der Waals surface area (Å²) >= 11 is 0. The van der Waals surface area contributed by atoms with Crippen LogP contribution in [0.4, 0.5) is 0 Å². The summed E-state index contributed by atoms with van der Waals surface area (Å²) in [5.74, 6) is 0.332. The van der Waals surface area contributed by atoms with Gasteiger partial charge in [-0.3, -0.25) is 9.59 Å². The molecule has 0 aromatic carbocycles. The minimum absolute atomic E-state index is 0.0805. The lowest BCUT2D eigenvalue weighted by atomic mass is 9.87. The lowest BCUT2D eigenvalue weighted by Gasteiger charge is -2.43. The molecule has 6 heteroatoms. The number of nitrogens with one attached hydrogen (secondary N) is 1. The number of carbonyl (C=O) groups excluding carboxylic acids is 2. The Morgan fingerprint density at radius 1 is 1.50 bits per heavy atom. The van der Waals surface area contributed by atoms with Gasteiger partial charge < -0.3 is 14.6 Å². The van der Waals surface area contributed by atoms with Crippen LogP contribution in [0, 0.1) is 0 Å². The first kappa shape index (κ1) is 13.1. The average molecular weight is 277 g/mol. The molecule has 2 aliphatic rings. The highest BCUT2D eigenvalue weighted by Crippen LogP contribution is 2.27. The van der Waals surface area contributed by atoms with Gasteiger partial charge in [0.2, 0.25) is 5.91 Å². The van der Waals surface area contributed by atoms with Gasteiger partial charge in [0.15, 0.2) is 12.1 Å². The van der Waals surface area contributed by atoms with Crippen LogP contribution in [0.1, 0.15) is 48.9 Å². The molecule has 2 heterocycles. The first-order chi connectivity index (χ1) is 9.70. The van der Waals surface area contributed by atoms with Gasteiger partial charge in [0, 0.05) is 12.5 Å². The van der Waals surface area contributed by atoms with Crippen LogP contribution in [0.3, 0.4) is 0 Å². The SMILES string of the molecule is CCc1ocnc1C(=O)N1CC(=O)N[C@H]2CCCC[C@H]21. The number of aromatic nitrogens is 1. The maximum absolute atomic E-state index is 12.7. The van der Waals surface area contributed by atoms with E-state index in [9.17, 15) is 9.59 Å². The van der Waals surface area contributed by atoms with E-state index in [4.69, 9.17) is 4.42 Å². The van der Waals surface area contributed by atoms with Crippen molar-refractivity contribution in [1.29, 1.82) is 0 Å². The summed E-state index contributed by atoms with van der Waals surface area (Å²) in [5.41, 5.74) is 0.353. The zero-order valence-corrected chi connectivity index (χ0v) is 11.6. The zero-order valence-electron chi connectivity index (χ0n) is 11.6. The fourth-order valence-electron chi connectivity index (χ4n) is 3.23. The van der Waals surface area contributed by atoms with Crippen molar-refractivity contribution < 1.29 is 14.0 Å². The minimum atomic E-state index is -0.178. The van der Waals surface area contributed by atoms with E-state index in [2.05, 4.69) is 10.3 Å². The Labute approximate surface area is 117 Å². The van der Waals surface area contributed by atoms with E-state index in [1.165, 1.54) is 6.39 Å². The number of rotatable bonds is 2. The van der Waals surface area contributed by atoms with Crippen LogP contribution >= 0.6 is 0 Å². The molecule has 1 aliphatic carbocycles. The number of fused-ring (bicyclic) bond motifs is 1. The molecule has 0 unspecified atom stereocenters. The van der Waals surface area contributed by atoms with Crippen LogP contribution < -0.4 is 5.32 Å². The monoisotopic (exact) mass is 277 g/mol. The molecule has 1 aromatic heterocycles. The largest absolute Gasteiger partial charge is 0.448 e. The molecule has 0 radical (unpaired) electrons. The molecule has 1 saturated heterocycles. The Morgan fingerprint density at radius 3 is 3.10 bits per heavy atom. The van der Waals surface area contributed by atoms with Gasteiger partial charge in [-0.1, -0.05) is 19.8 Å². The Balaban J connectivity index is 1.87. The molecule has 20 heavy (non-hydrogen) atoms. The topological polar surface area (TPSA) is 75.4 Å². The van der Waals surface area contributed by atoms with Gasteiger partial charge in [-0.2, -0.15) is 0 Å². The van der Waals surface area contributed by atoms with E-state index >= 15 is 0 Å². The highest BCUT2D eigenvalue weighted by Gasteiger charge is 2.40. The number of nitrogens with zero attached hydrogens (tertiary/aromatic N) is 2. The normalized spacial score (nSPS) is 26.1. The van der Waals surface area contributed by atoms with Crippen LogP contribution in [0.15, 0.2) is 10.8 Å². The third-order valence-corrected chi connectivity index (χ3v) is 4.22. The summed E-state index contributed by atoms with van der Waals surface area (Å²) in [6.45, 7) is 2.04. The molecular formula is C14H19N3O3. The summed E-state index contributed by atoms with van der Waals surface area (Å²) in [4.78, 5) is 30.2. The number of aryl methyl sites for hydroxylation is 1. The van der Waals surface area contributed by atoms with Crippen LogP contribution in [0.25, 0.3) is 0 Å². The third kappa shape index (κ3) is 2.19. The number of carbonyl (C=O) groups is 2. The molecule has 2 atom stereocenters. The van der Waals surface area contributed by atoms with Crippen molar-refractivity contribution in [3.63, 3.8) is 0 Å². The molecule has 1 N–H and O–H groups in total. The van der Waals surface area contributed by atoms with Crippen molar-refractivity contribution in [3.05, 3.63) is 17.8 Å². The highest BCUT2D eigenvalue weighted by molar-refractivity contribution is 5.96. The van der Waals surface area contributed by atoms with E-state index in [-0.39, 0.29) is 30.4 Å². The Kier molecular flexibility index (Phi) is 3.46. The second-order valence-electron chi connectivity index (χ2n) is 5.44. The summed E-state index contributed by atoms with van der Waals surface area (Å²) in [5, 5.41) is 3.00. The second-order valence-corrected chi connectivity index (χ2v) is 5.44. The van der Waals surface area contributed by atoms with Gasteiger partial charge in [0.1, 0.15) is 12.3 Å². The van der Waals surface area contributed by atoms with Crippen molar-refractivity contribution >= 4 is 11.8 Å². The van der Waals surface area contributed by atoms with E-state index in [0.717, 1.165) is 25.7 Å². The molecular weight excluding hydrogens is 258 g/mol. The fraction of sp³-hybridized carbons (Fsp3) is 0.643. The second kappa shape index (κ2) is 5.26. The molecule has 0 bridgehead atoms. The van der Waals surface area contributed by atoms with Gasteiger partial charge in [-0.15, -0.1) is 0 Å². The molecule has 6 nitrogen and oxygen atoms in total. The van der Waals surface area contributed by atoms with Gasteiger partial charge in [0.25, 0.3) is 5.91 Å². The number of amides is 2. The molecule has 2 fully saturated rings. The van der Waals surface area contributed by atoms with Crippen molar-refractivity contribution in [2.24, 2.45) is 0 Å². The lowest BCUT2D eigenvalue weighted by molar-refractivity contribution is -0.127. The van der Waals surface area contributed by atoms with Crippen molar-refractivity contribution in [2.45, 2.75) is 51.1 Å². The fourth-order valence-corrected chi connectivity index (χ4v) is 3.23. The van der Waals surface area contributed by atoms with E-state index in [1.807, 2.05) is 6.92 Å². The minimum Gasteiger partial charge on any atom is -0.448 e. The van der Waals surface area contributed by atoms with E-state index in [1.54, 1.807) is 4.90 Å². The number of hydrogen-bond donors (Lipinski definition) is 1. The quantitative estimate of drug-likeness (QED) is 0.879. The predicted molar refractivity (Wildman–Crippen MR) is 71.1 cm³/mol. The van der Waals surface area contributed by atoms with Gasteiger partial charge in [-0.05, 0) is 12.8 Å². The van der Waals surface area contributed by atoms with Crippen molar-refractivity contribution in [2.75, 3.05) is 6.54 Å². The predicted octanol–water partition coefficient (Wildman–Crippen LogP) is 1.12. The zero-order chi connectivity index (χ0) is 14.1. The van der Waals surface area contributed by atoms with Crippen LogP contribution in [0.5, 0.6) is 0 Å². The first-order valence-corrected chi connectivity index (χ1v) is 7.23. The van der Waals surface area contributed by atoms with Gasteiger partial charge >= 0.3 is 0 Å². The maximum Gasteiger partial charge on any atom is 0.276 e. The maximum atomic E-state index is 12.7. The molecule has 3 rings (SSSR count). The molecule has 1 aliphatic heterocycles. The average Bonchev–Trinajstić information content (AvgIpc) is 2.94. The summed E-state index contributed by atoms with van der Waals surface area (Å²) in [6.07, 6.45) is 6.01. The lowest BCUT2D eigenvalue weighted by Crippen LogP contribution is -2.63. The Hall–Kier alpha value is -1.85. The third-order valence-electron chi connectivity index (χ3n) is 4.22. The van der Waals surface area contributed by atoms with Crippen molar-refractivity contribution in [1.82, 2.24) is 15.2 Å². The smallest absolute Gasteiger partial charge is 0.276 e. The number of piperazine rings is 1. The van der Waals surface area contributed by atoms with Crippen LogP contribution in [0.2, 0.25) is 0 Å². The molecule has 2 amide bonds. The summed E-state index contributed by atoms with van der Waals surface area (Å²) < 4.78 is 5.23. The molecule has 0 spiro atoms.